The third-order valence-corrected chi connectivity index (χ3v) is 4.46. The number of hydrogen-bond acceptors (Lipinski definition) is 3. The lowest BCUT2D eigenvalue weighted by Crippen LogP contribution is -2.45. The van der Waals surface area contributed by atoms with E-state index in [9.17, 15) is 0 Å². The molecule has 0 spiro atoms. The predicted molar refractivity (Wildman–Crippen MR) is 103 cm³/mol. The first kappa shape index (κ1) is 19.8. The van der Waals surface area contributed by atoms with E-state index in [4.69, 9.17) is 14.1 Å². The van der Waals surface area contributed by atoms with Crippen molar-refractivity contribution in [3.8, 4) is 0 Å². The number of nitrogens with one attached hydrogen (secondary N) is 2. The third kappa shape index (κ3) is 8.96. The number of nitrogens with zero attached hydrogens (tertiary/aromatic N) is 1. The fourth-order valence-electron chi connectivity index (χ4n) is 3.08. The van der Waals surface area contributed by atoms with Crippen LogP contribution in [0.3, 0.4) is 0 Å². The van der Waals surface area contributed by atoms with E-state index in [1.54, 1.807) is 6.26 Å². The van der Waals surface area contributed by atoms with Gasteiger partial charge in [0.15, 0.2) is 5.96 Å². The van der Waals surface area contributed by atoms with Gasteiger partial charge in [-0.05, 0) is 51.7 Å². The first-order valence-corrected chi connectivity index (χ1v) is 9.93. The average Bonchev–Trinajstić information content (AvgIpc) is 3.12. The summed E-state index contributed by atoms with van der Waals surface area (Å²) in [4.78, 5) is 4.76. The highest BCUT2D eigenvalue weighted by molar-refractivity contribution is 5.80. The predicted octanol–water partition coefficient (Wildman–Crippen LogP) is 3.90. The van der Waals surface area contributed by atoms with E-state index in [1.165, 1.54) is 32.1 Å². The Hall–Kier alpha value is -1.49. The first-order valence-electron chi connectivity index (χ1n) is 9.93. The summed E-state index contributed by atoms with van der Waals surface area (Å²) in [5.41, 5.74) is 0. The van der Waals surface area contributed by atoms with Gasteiger partial charge in [-0.2, -0.15) is 0 Å². The first-order chi connectivity index (χ1) is 12.2. The molecule has 5 nitrogen and oxygen atoms in total. The van der Waals surface area contributed by atoms with Crippen LogP contribution in [-0.2, 0) is 11.2 Å². The van der Waals surface area contributed by atoms with Gasteiger partial charge in [0.1, 0.15) is 5.76 Å². The zero-order valence-electron chi connectivity index (χ0n) is 15.9. The molecule has 1 fully saturated rings. The van der Waals surface area contributed by atoms with Gasteiger partial charge in [0, 0.05) is 32.2 Å². The Morgan fingerprint density at radius 1 is 1.28 bits per heavy atom. The van der Waals surface area contributed by atoms with Crippen LogP contribution < -0.4 is 10.6 Å². The molecule has 1 aromatic rings. The van der Waals surface area contributed by atoms with Crippen molar-refractivity contribution >= 4 is 5.96 Å². The number of aliphatic imine (C=N–C) groups is 1. The highest BCUT2D eigenvalue weighted by Crippen LogP contribution is 2.17. The molecule has 1 heterocycles. The standard InChI is InChI=1S/C20H35N3O2/c1-17(2)24-15-7-6-13-21-20(23-18-9-4-3-5-10-18)22-14-12-19-11-8-16-25-19/h8,11,16-18H,3-7,9-10,12-15H2,1-2H3,(H2,21,22,23). The summed E-state index contributed by atoms with van der Waals surface area (Å²) < 4.78 is 11.0. The number of ether oxygens (including phenoxy) is 1. The zero-order chi connectivity index (χ0) is 17.7. The molecule has 1 aromatic heterocycles. The second kappa shape index (κ2) is 12.0. The Morgan fingerprint density at radius 3 is 2.84 bits per heavy atom. The molecule has 0 aliphatic heterocycles. The van der Waals surface area contributed by atoms with Crippen LogP contribution in [0.2, 0.25) is 0 Å². The molecule has 25 heavy (non-hydrogen) atoms. The molecule has 0 saturated heterocycles. The van der Waals surface area contributed by atoms with E-state index in [2.05, 4.69) is 24.5 Å². The Morgan fingerprint density at radius 2 is 2.12 bits per heavy atom. The van der Waals surface area contributed by atoms with Crippen LogP contribution in [-0.4, -0.2) is 37.8 Å². The third-order valence-electron chi connectivity index (χ3n) is 4.46. The number of hydrogen-bond donors (Lipinski definition) is 2. The molecule has 0 unspecified atom stereocenters. The van der Waals surface area contributed by atoms with E-state index >= 15 is 0 Å². The van der Waals surface area contributed by atoms with Gasteiger partial charge in [-0.15, -0.1) is 0 Å². The van der Waals surface area contributed by atoms with Crippen molar-refractivity contribution in [1.29, 1.82) is 0 Å². The van der Waals surface area contributed by atoms with Crippen molar-refractivity contribution in [1.82, 2.24) is 10.6 Å². The molecule has 2 rings (SSSR count). The van der Waals surface area contributed by atoms with Gasteiger partial charge < -0.3 is 19.8 Å². The summed E-state index contributed by atoms with van der Waals surface area (Å²) in [5.74, 6) is 1.96. The molecular formula is C20H35N3O2. The molecular weight excluding hydrogens is 314 g/mol. The average molecular weight is 350 g/mol. The van der Waals surface area contributed by atoms with E-state index in [-0.39, 0.29) is 0 Å². The Bertz CT molecular complexity index is 465. The summed E-state index contributed by atoms with van der Waals surface area (Å²) in [6, 6.07) is 4.51. The zero-order valence-corrected chi connectivity index (χ0v) is 15.9. The molecule has 5 heteroatoms. The summed E-state index contributed by atoms with van der Waals surface area (Å²) >= 11 is 0. The molecule has 0 bridgehead atoms. The fourth-order valence-corrected chi connectivity index (χ4v) is 3.08. The number of rotatable bonds is 10. The minimum atomic E-state index is 0.315. The lowest BCUT2D eigenvalue weighted by Gasteiger charge is -2.25. The second-order valence-corrected chi connectivity index (χ2v) is 7.09. The van der Waals surface area contributed by atoms with Gasteiger partial charge in [0.25, 0.3) is 0 Å². The SMILES string of the molecule is CC(C)OCCCCN=C(NCCc1ccco1)NC1CCCCC1. The molecule has 1 saturated carbocycles. The van der Waals surface area contributed by atoms with Gasteiger partial charge in [-0.1, -0.05) is 19.3 Å². The van der Waals surface area contributed by atoms with Gasteiger partial charge in [0.2, 0.25) is 0 Å². The summed E-state index contributed by atoms with van der Waals surface area (Å²) in [6.07, 6.45) is 11.6. The van der Waals surface area contributed by atoms with Crippen LogP contribution in [0.5, 0.6) is 0 Å². The monoisotopic (exact) mass is 349 g/mol. The van der Waals surface area contributed by atoms with Crippen LogP contribution in [0.15, 0.2) is 27.8 Å². The molecule has 0 aromatic carbocycles. The van der Waals surface area contributed by atoms with Crippen molar-refractivity contribution < 1.29 is 9.15 Å². The van der Waals surface area contributed by atoms with Gasteiger partial charge in [-0.25, -0.2) is 0 Å². The lowest BCUT2D eigenvalue weighted by atomic mass is 9.96. The summed E-state index contributed by atoms with van der Waals surface area (Å²) in [6.45, 7) is 6.65. The maximum absolute atomic E-state index is 5.59. The molecule has 2 N–H and O–H groups in total. The van der Waals surface area contributed by atoms with Crippen molar-refractivity contribution in [2.24, 2.45) is 4.99 Å². The highest BCUT2D eigenvalue weighted by atomic mass is 16.5. The van der Waals surface area contributed by atoms with Gasteiger partial charge in [0.05, 0.1) is 12.4 Å². The van der Waals surface area contributed by atoms with Gasteiger partial charge in [-0.3, -0.25) is 4.99 Å². The van der Waals surface area contributed by atoms with Crippen molar-refractivity contribution in [2.75, 3.05) is 19.7 Å². The van der Waals surface area contributed by atoms with E-state index in [0.29, 0.717) is 12.1 Å². The van der Waals surface area contributed by atoms with Crippen LogP contribution in [0.25, 0.3) is 0 Å². The highest BCUT2D eigenvalue weighted by Gasteiger charge is 2.14. The van der Waals surface area contributed by atoms with E-state index in [1.807, 2.05) is 12.1 Å². The molecule has 0 amide bonds. The Labute approximate surface area is 152 Å². The summed E-state index contributed by atoms with van der Waals surface area (Å²) in [7, 11) is 0. The largest absolute Gasteiger partial charge is 0.469 e. The van der Waals surface area contributed by atoms with Crippen LogP contribution in [0, 0.1) is 0 Å². The maximum atomic E-state index is 5.59. The maximum Gasteiger partial charge on any atom is 0.191 e. The second-order valence-electron chi connectivity index (χ2n) is 7.09. The molecule has 1 aliphatic rings. The minimum Gasteiger partial charge on any atom is -0.469 e. The van der Waals surface area contributed by atoms with Crippen molar-refractivity contribution in [3.63, 3.8) is 0 Å². The quantitative estimate of drug-likeness (QED) is 0.382. The normalized spacial score (nSPS) is 16.4. The molecule has 0 radical (unpaired) electrons. The van der Waals surface area contributed by atoms with Crippen LogP contribution >= 0.6 is 0 Å². The smallest absolute Gasteiger partial charge is 0.191 e. The van der Waals surface area contributed by atoms with E-state index in [0.717, 1.165) is 50.7 Å². The number of furan rings is 1. The molecule has 0 atom stereocenters. The number of guanidine groups is 1. The van der Waals surface area contributed by atoms with E-state index < -0.39 is 0 Å². The van der Waals surface area contributed by atoms with Crippen LogP contribution in [0.4, 0.5) is 0 Å². The topological polar surface area (TPSA) is 58.8 Å². The van der Waals surface area contributed by atoms with Crippen molar-refractivity contribution in [2.45, 2.75) is 77.4 Å². The molecule has 142 valence electrons. The number of unbranched alkanes of at least 4 members (excludes halogenated alkanes) is 1. The summed E-state index contributed by atoms with van der Waals surface area (Å²) in [5, 5.41) is 7.08. The molecule has 1 aliphatic carbocycles. The van der Waals surface area contributed by atoms with Gasteiger partial charge >= 0.3 is 0 Å². The Kier molecular flexibility index (Phi) is 9.49. The Balaban J connectivity index is 1.72. The lowest BCUT2D eigenvalue weighted by molar-refractivity contribution is 0.0763. The minimum absolute atomic E-state index is 0.315. The van der Waals surface area contributed by atoms with Crippen molar-refractivity contribution in [3.05, 3.63) is 24.2 Å². The van der Waals surface area contributed by atoms with Crippen LogP contribution in [0.1, 0.15) is 64.6 Å². The fraction of sp³-hybridized carbons (Fsp3) is 0.750.